The van der Waals surface area contributed by atoms with Crippen molar-refractivity contribution in [3.8, 4) is 0 Å². The summed E-state index contributed by atoms with van der Waals surface area (Å²) in [5.41, 5.74) is 4.75. The number of halogens is 2. The maximum Gasteiger partial charge on any atom is 0.212 e. The fourth-order valence-corrected chi connectivity index (χ4v) is 3.03. The third-order valence-electron chi connectivity index (χ3n) is 4.47. The van der Waals surface area contributed by atoms with Crippen molar-refractivity contribution in [3.63, 3.8) is 0 Å². The normalized spacial score (nSPS) is 18.0. The molecule has 0 atom stereocenters. The van der Waals surface area contributed by atoms with Crippen LogP contribution in [0, 0.1) is 5.82 Å². The molecular weight excluding hydrogens is 330 g/mol. The summed E-state index contributed by atoms with van der Waals surface area (Å²) in [6, 6.07) is 8.75. The van der Waals surface area contributed by atoms with Crippen LogP contribution in [-0.2, 0) is 13.5 Å². The molecule has 2 aromatic rings. The Labute approximate surface area is 152 Å². The van der Waals surface area contributed by atoms with Crippen molar-refractivity contribution >= 4 is 16.6 Å². The van der Waals surface area contributed by atoms with E-state index in [1.165, 1.54) is 24.3 Å². The van der Waals surface area contributed by atoms with Crippen LogP contribution in [0.4, 0.5) is 8.78 Å². The van der Waals surface area contributed by atoms with E-state index in [1.54, 1.807) is 19.2 Å². The highest BCUT2D eigenvalue weighted by Gasteiger charge is 2.13. The van der Waals surface area contributed by atoms with Gasteiger partial charge < -0.3 is 0 Å². The van der Waals surface area contributed by atoms with Gasteiger partial charge >= 0.3 is 0 Å². The predicted molar refractivity (Wildman–Crippen MR) is 102 cm³/mol. The molecule has 1 aromatic carbocycles. The summed E-state index contributed by atoms with van der Waals surface area (Å²) in [6.45, 7) is 2.04. The van der Waals surface area contributed by atoms with Crippen molar-refractivity contribution in [3.05, 3.63) is 89.2 Å². The molecule has 0 fully saturated rings. The molecule has 2 nitrogen and oxygen atoms in total. The number of hydrogen-bond acceptors (Lipinski definition) is 1. The highest BCUT2D eigenvalue weighted by molar-refractivity contribution is 6.11. The van der Waals surface area contributed by atoms with Gasteiger partial charge in [0.1, 0.15) is 18.7 Å². The van der Waals surface area contributed by atoms with Crippen molar-refractivity contribution < 1.29 is 13.3 Å². The molecule has 0 saturated carbocycles. The minimum atomic E-state index is -0.275. The standard InChI is InChI=1S/C22H21F2N2/c1-15(4-5-16-13-18(23)7-10-21(16)25-2)12-20-9-6-17-14-19(24)8-11-22(17)26(20)3/h4-11,13-14H,12H2,1-3H3/q+1/b15-4-,16-5+,25-21?. The van der Waals surface area contributed by atoms with Gasteiger partial charge in [0.05, 0.1) is 12.1 Å². The average molecular weight is 351 g/mol. The molecule has 1 heterocycles. The molecule has 132 valence electrons. The molecule has 0 amide bonds. The summed E-state index contributed by atoms with van der Waals surface area (Å²) in [6.07, 6.45) is 9.18. The minimum absolute atomic E-state index is 0.233. The number of aromatic nitrogens is 1. The Morgan fingerprint density at radius 3 is 2.73 bits per heavy atom. The number of aryl methyl sites for hydroxylation is 1. The molecule has 0 saturated heterocycles. The van der Waals surface area contributed by atoms with Crippen LogP contribution in [0.15, 0.2) is 82.7 Å². The van der Waals surface area contributed by atoms with Crippen molar-refractivity contribution in [1.82, 2.24) is 0 Å². The van der Waals surface area contributed by atoms with Crippen LogP contribution in [0.3, 0.4) is 0 Å². The lowest BCUT2D eigenvalue weighted by Gasteiger charge is -2.07. The van der Waals surface area contributed by atoms with E-state index in [-0.39, 0.29) is 11.6 Å². The number of benzene rings is 1. The second-order valence-electron chi connectivity index (χ2n) is 6.37. The summed E-state index contributed by atoms with van der Waals surface area (Å²) in [5.74, 6) is -0.508. The summed E-state index contributed by atoms with van der Waals surface area (Å²) in [7, 11) is 3.67. The molecule has 0 spiro atoms. The molecule has 3 rings (SSSR count). The lowest BCUT2D eigenvalue weighted by atomic mass is 10.0. The van der Waals surface area contributed by atoms with Gasteiger partial charge in [-0.1, -0.05) is 17.7 Å². The molecule has 0 radical (unpaired) electrons. The Balaban J connectivity index is 1.87. The topological polar surface area (TPSA) is 16.2 Å². The van der Waals surface area contributed by atoms with Gasteiger partial charge in [-0.25, -0.2) is 8.78 Å². The monoisotopic (exact) mass is 351 g/mol. The summed E-state index contributed by atoms with van der Waals surface area (Å²) >= 11 is 0. The van der Waals surface area contributed by atoms with E-state index in [0.717, 1.165) is 39.9 Å². The number of fused-ring (bicyclic) bond motifs is 1. The molecule has 0 bridgehead atoms. The quantitative estimate of drug-likeness (QED) is 0.712. The second-order valence-corrected chi connectivity index (χ2v) is 6.37. The van der Waals surface area contributed by atoms with Gasteiger partial charge in [-0.15, -0.1) is 0 Å². The molecule has 4 heteroatoms. The highest BCUT2D eigenvalue weighted by atomic mass is 19.1. The Morgan fingerprint density at radius 1 is 1.15 bits per heavy atom. The maximum atomic E-state index is 13.5. The predicted octanol–water partition coefficient (Wildman–Crippen LogP) is 4.71. The zero-order valence-corrected chi connectivity index (χ0v) is 15.1. The highest BCUT2D eigenvalue weighted by Crippen LogP contribution is 2.17. The van der Waals surface area contributed by atoms with E-state index < -0.39 is 0 Å². The van der Waals surface area contributed by atoms with Gasteiger partial charge in [0.15, 0.2) is 5.69 Å². The van der Waals surface area contributed by atoms with Crippen LogP contribution in [-0.4, -0.2) is 12.8 Å². The fraction of sp³-hybridized carbons (Fsp3) is 0.182. The number of allylic oxidation sites excluding steroid dienone is 8. The first-order chi connectivity index (χ1) is 12.5. The molecule has 0 N–H and O–H groups in total. The van der Waals surface area contributed by atoms with E-state index in [0.29, 0.717) is 0 Å². The molecule has 0 aliphatic heterocycles. The van der Waals surface area contributed by atoms with Crippen molar-refractivity contribution in [1.29, 1.82) is 0 Å². The second kappa shape index (κ2) is 7.56. The first-order valence-corrected chi connectivity index (χ1v) is 8.45. The Kier molecular flexibility index (Phi) is 5.21. The van der Waals surface area contributed by atoms with Crippen LogP contribution in [0.2, 0.25) is 0 Å². The molecule has 1 aromatic heterocycles. The number of aliphatic imine (C=N–C) groups is 1. The third kappa shape index (κ3) is 3.85. The molecule has 1 aliphatic carbocycles. The van der Waals surface area contributed by atoms with Gasteiger partial charge in [0.25, 0.3) is 0 Å². The number of rotatable bonds is 3. The van der Waals surface area contributed by atoms with Crippen molar-refractivity contribution in [2.75, 3.05) is 7.05 Å². The SMILES string of the molecule is CN=C1C=CC(F)=C/C1=C\C=C(\C)Cc1ccc2cc(F)ccc2[n+]1C. The molecule has 1 aliphatic rings. The van der Waals surface area contributed by atoms with Crippen LogP contribution in [0.25, 0.3) is 10.9 Å². The van der Waals surface area contributed by atoms with Gasteiger partial charge in [-0.3, -0.25) is 4.99 Å². The minimum Gasteiger partial charge on any atom is -0.288 e. The molecular formula is C22H21F2N2+. The van der Waals surface area contributed by atoms with Crippen LogP contribution >= 0.6 is 0 Å². The first kappa shape index (κ1) is 17.9. The van der Waals surface area contributed by atoms with Gasteiger partial charge in [-0.05, 0) is 43.4 Å². The van der Waals surface area contributed by atoms with E-state index in [9.17, 15) is 8.78 Å². The number of hydrogen-bond donors (Lipinski definition) is 0. The van der Waals surface area contributed by atoms with E-state index >= 15 is 0 Å². The Morgan fingerprint density at radius 2 is 1.96 bits per heavy atom. The fourth-order valence-electron chi connectivity index (χ4n) is 3.03. The smallest absolute Gasteiger partial charge is 0.212 e. The Bertz CT molecular complexity index is 1010. The third-order valence-corrected chi connectivity index (χ3v) is 4.47. The Hall–Kier alpha value is -2.88. The largest absolute Gasteiger partial charge is 0.288 e. The van der Waals surface area contributed by atoms with Crippen LogP contribution in [0.5, 0.6) is 0 Å². The molecule has 26 heavy (non-hydrogen) atoms. The zero-order valence-electron chi connectivity index (χ0n) is 15.1. The number of pyridine rings is 1. The maximum absolute atomic E-state index is 13.5. The van der Waals surface area contributed by atoms with E-state index in [4.69, 9.17) is 0 Å². The van der Waals surface area contributed by atoms with Gasteiger partial charge in [0, 0.05) is 30.1 Å². The summed E-state index contributed by atoms with van der Waals surface area (Å²) in [4.78, 5) is 4.17. The van der Waals surface area contributed by atoms with Crippen molar-refractivity contribution in [2.45, 2.75) is 13.3 Å². The van der Waals surface area contributed by atoms with Crippen molar-refractivity contribution in [2.24, 2.45) is 12.0 Å². The summed E-state index contributed by atoms with van der Waals surface area (Å²) < 4.78 is 28.9. The van der Waals surface area contributed by atoms with E-state index in [1.807, 2.05) is 38.3 Å². The average Bonchev–Trinajstić information content (AvgIpc) is 2.62. The lowest BCUT2D eigenvalue weighted by molar-refractivity contribution is -0.652. The lowest BCUT2D eigenvalue weighted by Crippen LogP contribution is -2.34. The van der Waals surface area contributed by atoms with Crippen LogP contribution < -0.4 is 4.57 Å². The number of nitrogens with zero attached hydrogens (tertiary/aromatic N) is 2. The zero-order chi connectivity index (χ0) is 18.7. The first-order valence-electron chi connectivity index (χ1n) is 8.45. The van der Waals surface area contributed by atoms with Gasteiger partial charge in [0.2, 0.25) is 5.52 Å². The summed E-state index contributed by atoms with van der Waals surface area (Å²) in [5, 5.41) is 0.874. The molecule has 0 unspecified atom stereocenters. The van der Waals surface area contributed by atoms with Crippen LogP contribution in [0.1, 0.15) is 12.6 Å². The van der Waals surface area contributed by atoms with Gasteiger partial charge in [-0.2, -0.15) is 4.57 Å². The van der Waals surface area contributed by atoms with E-state index in [2.05, 4.69) is 9.56 Å².